The number of hydrogen-bond donors (Lipinski definition) is 2. The molecule has 0 saturated heterocycles. The normalized spacial score (nSPS) is 13.2. The van der Waals surface area contributed by atoms with Crippen molar-refractivity contribution in [1.82, 2.24) is 10.2 Å². The minimum Gasteiger partial charge on any atom is -0.479 e. The fraction of sp³-hybridized carbons (Fsp3) is 0.222. The molecule has 2 aromatic rings. The van der Waals surface area contributed by atoms with Crippen molar-refractivity contribution in [3.05, 3.63) is 27.4 Å². The standard InChI is InChI=1S/C9H6F3N3O2S2/c10-9(11,12)7-14-15-8(19-7)13-5(6(16)17)4-2-1-3-18-4/h1-3,5H,(H,13,15)(H,16,17). The Kier molecular flexibility index (Phi) is 3.71. The number of hydrogen-bond acceptors (Lipinski definition) is 6. The number of nitrogens with one attached hydrogen (secondary N) is 1. The Hall–Kier alpha value is -1.68. The predicted molar refractivity (Wildman–Crippen MR) is 63.2 cm³/mol. The molecule has 0 saturated carbocycles. The van der Waals surface area contributed by atoms with Crippen molar-refractivity contribution in [3.63, 3.8) is 0 Å². The molecule has 5 nitrogen and oxygen atoms in total. The number of halogens is 3. The van der Waals surface area contributed by atoms with E-state index in [0.717, 1.165) is 0 Å². The summed E-state index contributed by atoms with van der Waals surface area (Å²) in [6, 6.07) is 2.08. The number of aromatic nitrogens is 2. The number of anilines is 1. The summed E-state index contributed by atoms with van der Waals surface area (Å²) >= 11 is 1.45. The van der Waals surface area contributed by atoms with E-state index >= 15 is 0 Å². The zero-order valence-electron chi connectivity index (χ0n) is 9.01. The first kappa shape index (κ1) is 13.7. The molecular formula is C9H6F3N3O2S2. The van der Waals surface area contributed by atoms with Crippen molar-refractivity contribution in [2.45, 2.75) is 12.2 Å². The van der Waals surface area contributed by atoms with E-state index < -0.39 is 23.2 Å². The van der Waals surface area contributed by atoms with Crippen LogP contribution in [0.1, 0.15) is 15.9 Å². The lowest BCUT2D eigenvalue weighted by molar-refractivity contribution is -0.138. The Morgan fingerprint density at radius 1 is 1.42 bits per heavy atom. The number of rotatable bonds is 4. The van der Waals surface area contributed by atoms with Crippen LogP contribution in [0.25, 0.3) is 0 Å². The van der Waals surface area contributed by atoms with E-state index in [-0.39, 0.29) is 16.5 Å². The van der Waals surface area contributed by atoms with Crippen LogP contribution in [0.2, 0.25) is 0 Å². The maximum Gasteiger partial charge on any atom is 0.445 e. The first-order valence-corrected chi connectivity index (χ1v) is 6.51. The average molecular weight is 309 g/mol. The summed E-state index contributed by atoms with van der Waals surface area (Å²) in [7, 11) is 0. The fourth-order valence-electron chi connectivity index (χ4n) is 1.23. The Morgan fingerprint density at radius 3 is 2.63 bits per heavy atom. The third kappa shape index (κ3) is 3.20. The molecule has 0 radical (unpaired) electrons. The zero-order valence-corrected chi connectivity index (χ0v) is 10.6. The van der Waals surface area contributed by atoms with Gasteiger partial charge in [0.05, 0.1) is 0 Å². The van der Waals surface area contributed by atoms with Gasteiger partial charge in [-0.05, 0) is 11.4 Å². The molecule has 0 aliphatic carbocycles. The molecule has 2 N–H and O–H groups in total. The van der Waals surface area contributed by atoms with Crippen LogP contribution < -0.4 is 5.32 Å². The van der Waals surface area contributed by atoms with E-state index in [0.29, 0.717) is 4.88 Å². The summed E-state index contributed by atoms with van der Waals surface area (Å²) < 4.78 is 37.0. The van der Waals surface area contributed by atoms with Crippen LogP contribution in [-0.2, 0) is 11.0 Å². The van der Waals surface area contributed by atoms with E-state index in [9.17, 15) is 18.0 Å². The topological polar surface area (TPSA) is 75.1 Å². The molecule has 0 aliphatic rings. The van der Waals surface area contributed by atoms with Gasteiger partial charge in [-0.1, -0.05) is 17.4 Å². The number of carbonyl (C=O) groups is 1. The molecule has 2 heterocycles. The first-order chi connectivity index (χ1) is 8.88. The monoisotopic (exact) mass is 309 g/mol. The van der Waals surface area contributed by atoms with Gasteiger partial charge in [0.1, 0.15) is 0 Å². The van der Waals surface area contributed by atoms with E-state index in [1.54, 1.807) is 17.5 Å². The van der Waals surface area contributed by atoms with Gasteiger partial charge >= 0.3 is 12.1 Å². The van der Waals surface area contributed by atoms with Crippen LogP contribution >= 0.6 is 22.7 Å². The van der Waals surface area contributed by atoms with Gasteiger partial charge < -0.3 is 10.4 Å². The number of alkyl halides is 3. The molecule has 0 bridgehead atoms. The van der Waals surface area contributed by atoms with Gasteiger partial charge in [0.25, 0.3) is 0 Å². The van der Waals surface area contributed by atoms with Crippen LogP contribution in [-0.4, -0.2) is 21.3 Å². The van der Waals surface area contributed by atoms with Crippen LogP contribution in [0, 0.1) is 0 Å². The first-order valence-electron chi connectivity index (χ1n) is 4.81. The van der Waals surface area contributed by atoms with Gasteiger partial charge in [0.2, 0.25) is 10.1 Å². The molecule has 19 heavy (non-hydrogen) atoms. The van der Waals surface area contributed by atoms with Gasteiger partial charge in [0.15, 0.2) is 6.04 Å². The second-order valence-electron chi connectivity index (χ2n) is 3.34. The molecule has 10 heteroatoms. The van der Waals surface area contributed by atoms with Gasteiger partial charge in [-0.15, -0.1) is 21.5 Å². The molecule has 0 spiro atoms. The van der Waals surface area contributed by atoms with E-state index in [1.807, 2.05) is 0 Å². The molecule has 0 aromatic carbocycles. The highest BCUT2D eigenvalue weighted by Gasteiger charge is 2.36. The smallest absolute Gasteiger partial charge is 0.445 e. The van der Waals surface area contributed by atoms with Gasteiger partial charge in [-0.2, -0.15) is 13.2 Å². The van der Waals surface area contributed by atoms with Crippen molar-refractivity contribution in [2.75, 3.05) is 5.32 Å². The van der Waals surface area contributed by atoms with Crippen LogP contribution in [0.3, 0.4) is 0 Å². The molecular weight excluding hydrogens is 303 g/mol. The van der Waals surface area contributed by atoms with Crippen LogP contribution in [0.4, 0.5) is 18.3 Å². The summed E-state index contributed by atoms with van der Waals surface area (Å²) in [6.45, 7) is 0. The minimum atomic E-state index is -4.58. The summed E-state index contributed by atoms with van der Waals surface area (Å²) in [6.07, 6.45) is -4.58. The van der Waals surface area contributed by atoms with Crippen molar-refractivity contribution >= 4 is 33.8 Å². The molecule has 1 unspecified atom stereocenters. The summed E-state index contributed by atoms with van der Waals surface area (Å²) in [5, 5.41) is 18.1. The second-order valence-corrected chi connectivity index (χ2v) is 5.30. The van der Waals surface area contributed by atoms with E-state index in [4.69, 9.17) is 5.11 Å². The van der Waals surface area contributed by atoms with Crippen molar-refractivity contribution < 1.29 is 23.1 Å². The van der Waals surface area contributed by atoms with Crippen molar-refractivity contribution in [1.29, 1.82) is 0 Å². The van der Waals surface area contributed by atoms with Crippen molar-refractivity contribution in [3.8, 4) is 0 Å². The summed E-state index contributed by atoms with van der Waals surface area (Å²) in [4.78, 5) is 11.6. The third-order valence-corrected chi connectivity index (χ3v) is 3.85. The summed E-state index contributed by atoms with van der Waals surface area (Å²) in [5.74, 6) is -1.20. The molecule has 102 valence electrons. The number of aliphatic carboxylic acids is 1. The van der Waals surface area contributed by atoms with Crippen molar-refractivity contribution in [2.24, 2.45) is 0 Å². The maximum atomic E-state index is 12.3. The fourth-order valence-corrected chi connectivity index (χ4v) is 2.64. The van der Waals surface area contributed by atoms with Crippen LogP contribution in [0.5, 0.6) is 0 Å². The zero-order chi connectivity index (χ0) is 14.0. The molecule has 0 fully saturated rings. The van der Waals surface area contributed by atoms with Gasteiger partial charge in [-0.3, -0.25) is 0 Å². The molecule has 2 rings (SSSR count). The lowest BCUT2D eigenvalue weighted by Crippen LogP contribution is -2.19. The lowest BCUT2D eigenvalue weighted by atomic mass is 10.2. The highest BCUT2D eigenvalue weighted by atomic mass is 32.1. The lowest BCUT2D eigenvalue weighted by Gasteiger charge is -2.10. The third-order valence-electron chi connectivity index (χ3n) is 2.01. The number of nitrogens with zero attached hydrogens (tertiary/aromatic N) is 2. The number of carboxylic acids is 1. The van der Waals surface area contributed by atoms with Gasteiger partial charge in [-0.25, -0.2) is 4.79 Å². The Morgan fingerprint density at radius 2 is 2.16 bits per heavy atom. The Bertz CT molecular complexity index is 568. The average Bonchev–Trinajstić information content (AvgIpc) is 2.95. The highest BCUT2D eigenvalue weighted by Crippen LogP contribution is 2.34. The summed E-state index contributed by atoms with van der Waals surface area (Å²) in [5.41, 5.74) is 0. The Balaban J connectivity index is 2.19. The molecule has 1 atom stereocenters. The predicted octanol–water partition coefficient (Wildman–Crippen LogP) is 2.86. The van der Waals surface area contributed by atoms with E-state index in [1.165, 1.54) is 11.3 Å². The largest absolute Gasteiger partial charge is 0.479 e. The number of carboxylic acid groups (broad SMARTS) is 1. The molecule has 2 aromatic heterocycles. The van der Waals surface area contributed by atoms with Gasteiger partial charge in [0, 0.05) is 4.88 Å². The molecule has 0 aliphatic heterocycles. The van der Waals surface area contributed by atoms with Crippen LogP contribution in [0.15, 0.2) is 17.5 Å². The Labute approximate surface area is 112 Å². The quantitative estimate of drug-likeness (QED) is 0.908. The van der Waals surface area contributed by atoms with E-state index in [2.05, 4.69) is 15.5 Å². The molecule has 0 amide bonds. The second kappa shape index (κ2) is 5.13. The minimum absolute atomic E-state index is 0.187. The highest BCUT2D eigenvalue weighted by molar-refractivity contribution is 7.15. The SMILES string of the molecule is O=C(O)C(Nc1nnc(C(F)(F)F)s1)c1cccs1. The maximum absolute atomic E-state index is 12.3. The number of thiophene rings is 1.